The lowest BCUT2D eigenvalue weighted by molar-refractivity contribution is 0.417. The maximum Gasteiger partial charge on any atom is 0.187 e. The molecule has 8 heteroatoms. The van der Waals surface area contributed by atoms with Crippen LogP contribution in [-0.4, -0.2) is 21.5 Å². The normalized spacial score (nSPS) is 10.6. The van der Waals surface area contributed by atoms with Crippen LogP contribution in [0.5, 0.6) is 5.75 Å². The number of ether oxygens (including phenoxy) is 1. The third-order valence-corrected chi connectivity index (χ3v) is 5.25. The quantitative estimate of drug-likeness (QED) is 0.385. The second kappa shape index (κ2) is 7.77. The van der Waals surface area contributed by atoms with Crippen molar-refractivity contribution in [1.82, 2.24) is 14.4 Å². The average molecular weight is 496 g/mol. The minimum Gasteiger partial charge on any atom is -0.495 e. The first kappa shape index (κ1) is 18.9. The number of hydrogen-bond acceptors (Lipinski definition) is 5. The summed E-state index contributed by atoms with van der Waals surface area (Å²) in [6.45, 7) is 2.00. The van der Waals surface area contributed by atoms with Crippen LogP contribution in [0.4, 0.5) is 10.8 Å². The van der Waals surface area contributed by atoms with Crippen molar-refractivity contribution in [1.29, 1.82) is 0 Å². The van der Waals surface area contributed by atoms with E-state index in [4.69, 9.17) is 9.72 Å². The highest BCUT2D eigenvalue weighted by atomic mass is 79.9. The summed E-state index contributed by atoms with van der Waals surface area (Å²) in [7, 11) is 1.66. The molecule has 0 amide bonds. The number of imidazole rings is 1. The number of hydrogen-bond donors (Lipinski definition) is 1. The van der Waals surface area contributed by atoms with Crippen LogP contribution in [0.3, 0.4) is 0 Å². The van der Waals surface area contributed by atoms with Crippen molar-refractivity contribution < 1.29 is 4.74 Å². The molecule has 134 valence electrons. The molecular weight excluding hydrogens is 480 g/mol. The molecule has 5 nitrogen and oxygen atoms in total. The minimum atomic E-state index is 0. The van der Waals surface area contributed by atoms with Gasteiger partial charge in [-0.1, -0.05) is 12.1 Å². The summed E-state index contributed by atoms with van der Waals surface area (Å²) in [5.41, 5.74) is 4.62. The SMILES string of the molecule is Br.COc1ccccc1Nc1nc(-c2c(C)nc3c(Br)cccn23)cs1. The highest BCUT2D eigenvalue weighted by Gasteiger charge is 2.16. The summed E-state index contributed by atoms with van der Waals surface area (Å²) < 4.78 is 8.40. The Morgan fingerprint density at radius 2 is 1.96 bits per heavy atom. The van der Waals surface area contributed by atoms with Gasteiger partial charge < -0.3 is 10.1 Å². The Hall–Kier alpha value is -1.90. The molecule has 3 aromatic heterocycles. The minimum absolute atomic E-state index is 0. The van der Waals surface area contributed by atoms with Crippen molar-refractivity contribution in [3.05, 3.63) is 58.1 Å². The maximum absolute atomic E-state index is 5.38. The molecule has 0 radical (unpaired) electrons. The predicted molar refractivity (Wildman–Crippen MR) is 115 cm³/mol. The second-order valence-corrected chi connectivity index (χ2v) is 7.17. The zero-order valence-electron chi connectivity index (χ0n) is 14.1. The van der Waals surface area contributed by atoms with Crippen molar-refractivity contribution in [3.63, 3.8) is 0 Å². The lowest BCUT2D eigenvalue weighted by atomic mass is 10.3. The lowest BCUT2D eigenvalue weighted by Gasteiger charge is -2.08. The topological polar surface area (TPSA) is 51.5 Å². The Morgan fingerprint density at radius 3 is 2.77 bits per heavy atom. The van der Waals surface area contributed by atoms with E-state index in [0.29, 0.717) is 0 Å². The van der Waals surface area contributed by atoms with Crippen LogP contribution in [0.15, 0.2) is 52.4 Å². The number of pyridine rings is 1. The molecule has 0 bridgehead atoms. The van der Waals surface area contributed by atoms with Crippen LogP contribution in [0.2, 0.25) is 0 Å². The molecule has 26 heavy (non-hydrogen) atoms. The molecule has 0 saturated carbocycles. The predicted octanol–water partition coefficient (Wildman–Crippen LogP) is 5.86. The first-order valence-corrected chi connectivity index (χ1v) is 9.34. The molecule has 1 aromatic carbocycles. The van der Waals surface area contributed by atoms with Gasteiger partial charge in [0.05, 0.1) is 28.7 Å². The number of benzene rings is 1. The fraction of sp³-hybridized carbons (Fsp3) is 0.111. The summed E-state index contributed by atoms with van der Waals surface area (Å²) in [4.78, 5) is 9.39. The van der Waals surface area contributed by atoms with Gasteiger partial charge in [0, 0.05) is 11.6 Å². The molecule has 0 spiro atoms. The van der Waals surface area contributed by atoms with Gasteiger partial charge in [0.15, 0.2) is 10.8 Å². The van der Waals surface area contributed by atoms with Crippen molar-refractivity contribution in [3.8, 4) is 17.1 Å². The summed E-state index contributed by atoms with van der Waals surface area (Å²) in [6, 6.07) is 11.8. The van der Waals surface area contributed by atoms with Gasteiger partial charge in [-0.05, 0) is 47.1 Å². The Labute approximate surface area is 174 Å². The number of para-hydroxylation sites is 2. The summed E-state index contributed by atoms with van der Waals surface area (Å²) in [5.74, 6) is 0.786. The molecular formula is C18H16Br2N4OS. The summed E-state index contributed by atoms with van der Waals surface area (Å²) in [5, 5.41) is 6.17. The third kappa shape index (κ3) is 3.36. The van der Waals surface area contributed by atoms with E-state index in [-0.39, 0.29) is 17.0 Å². The number of anilines is 2. The number of methoxy groups -OCH3 is 1. The van der Waals surface area contributed by atoms with E-state index in [9.17, 15) is 0 Å². The molecule has 0 atom stereocenters. The second-order valence-electron chi connectivity index (χ2n) is 5.46. The molecule has 0 fully saturated rings. The number of aryl methyl sites for hydroxylation is 1. The standard InChI is InChI=1S/C18H15BrN4OS.BrH/c1-11-16(23-9-5-6-12(19)17(23)20-11)14-10-25-18(22-14)21-13-7-3-4-8-15(13)24-2;/h3-10H,1-2H3,(H,21,22);1H. The highest BCUT2D eigenvalue weighted by Crippen LogP contribution is 2.33. The summed E-state index contributed by atoms with van der Waals surface area (Å²) >= 11 is 5.11. The van der Waals surface area contributed by atoms with Gasteiger partial charge in [-0.2, -0.15) is 0 Å². The number of aromatic nitrogens is 3. The molecule has 4 aromatic rings. The van der Waals surface area contributed by atoms with E-state index < -0.39 is 0 Å². The monoisotopic (exact) mass is 494 g/mol. The average Bonchev–Trinajstić information content (AvgIpc) is 3.19. The number of rotatable bonds is 4. The van der Waals surface area contributed by atoms with Crippen LogP contribution in [0.1, 0.15) is 5.69 Å². The smallest absolute Gasteiger partial charge is 0.187 e. The zero-order valence-corrected chi connectivity index (χ0v) is 18.2. The van der Waals surface area contributed by atoms with Gasteiger partial charge in [0.25, 0.3) is 0 Å². The van der Waals surface area contributed by atoms with Crippen LogP contribution in [-0.2, 0) is 0 Å². The molecule has 1 N–H and O–H groups in total. The van der Waals surface area contributed by atoms with Crippen molar-refractivity contribution in [2.45, 2.75) is 6.92 Å². The fourth-order valence-electron chi connectivity index (χ4n) is 2.76. The lowest BCUT2D eigenvalue weighted by Crippen LogP contribution is -1.94. The van der Waals surface area contributed by atoms with Crippen LogP contribution < -0.4 is 10.1 Å². The Morgan fingerprint density at radius 1 is 1.15 bits per heavy atom. The van der Waals surface area contributed by atoms with Crippen molar-refractivity contribution in [2.75, 3.05) is 12.4 Å². The van der Waals surface area contributed by atoms with Crippen LogP contribution in [0.25, 0.3) is 17.0 Å². The molecule has 0 unspecified atom stereocenters. The first-order chi connectivity index (χ1) is 12.2. The van der Waals surface area contributed by atoms with E-state index in [0.717, 1.165) is 43.8 Å². The Kier molecular flexibility index (Phi) is 5.64. The number of thiazole rings is 1. The van der Waals surface area contributed by atoms with E-state index in [2.05, 4.69) is 30.6 Å². The molecule has 0 aliphatic rings. The van der Waals surface area contributed by atoms with Gasteiger partial charge in [-0.3, -0.25) is 4.40 Å². The molecule has 0 aliphatic heterocycles. The van der Waals surface area contributed by atoms with Crippen LogP contribution >= 0.6 is 44.2 Å². The maximum atomic E-state index is 5.38. The first-order valence-electron chi connectivity index (χ1n) is 7.66. The number of fused-ring (bicyclic) bond motifs is 1. The van der Waals surface area contributed by atoms with E-state index in [1.807, 2.05) is 54.9 Å². The largest absolute Gasteiger partial charge is 0.495 e. The van der Waals surface area contributed by atoms with Gasteiger partial charge in [0.1, 0.15) is 11.4 Å². The van der Waals surface area contributed by atoms with E-state index in [1.165, 1.54) is 0 Å². The van der Waals surface area contributed by atoms with Crippen LogP contribution in [0, 0.1) is 6.92 Å². The number of nitrogens with zero attached hydrogens (tertiary/aromatic N) is 3. The van der Waals surface area contributed by atoms with E-state index >= 15 is 0 Å². The number of nitrogens with one attached hydrogen (secondary N) is 1. The number of halogens is 2. The third-order valence-electron chi connectivity index (χ3n) is 3.87. The van der Waals surface area contributed by atoms with Crippen molar-refractivity contribution in [2.24, 2.45) is 0 Å². The van der Waals surface area contributed by atoms with E-state index in [1.54, 1.807) is 18.4 Å². The summed E-state index contributed by atoms with van der Waals surface area (Å²) in [6.07, 6.45) is 2.00. The Bertz CT molecular complexity index is 1060. The van der Waals surface area contributed by atoms with Gasteiger partial charge in [-0.15, -0.1) is 28.3 Å². The molecule has 0 aliphatic carbocycles. The molecule has 0 saturated heterocycles. The molecule has 3 heterocycles. The zero-order chi connectivity index (χ0) is 17.4. The van der Waals surface area contributed by atoms with Crippen molar-refractivity contribution >= 4 is 60.7 Å². The fourth-order valence-corrected chi connectivity index (χ4v) is 3.90. The van der Waals surface area contributed by atoms with Gasteiger partial charge in [-0.25, -0.2) is 9.97 Å². The Balaban J connectivity index is 0.00000196. The highest BCUT2D eigenvalue weighted by molar-refractivity contribution is 9.10. The van der Waals surface area contributed by atoms with Gasteiger partial charge >= 0.3 is 0 Å². The molecule has 4 rings (SSSR count). The van der Waals surface area contributed by atoms with Gasteiger partial charge in [0.2, 0.25) is 0 Å².